The molecule has 0 unspecified atom stereocenters. The molecule has 0 saturated heterocycles. The Hall–Kier alpha value is -3.49. The number of rotatable bonds is 8. The summed E-state index contributed by atoms with van der Waals surface area (Å²) >= 11 is 6.15. The Morgan fingerprint density at radius 2 is 2.00 bits per heavy atom. The second-order valence-corrected chi connectivity index (χ2v) is 7.67. The van der Waals surface area contributed by atoms with Crippen molar-refractivity contribution in [3.8, 4) is 11.3 Å². The van der Waals surface area contributed by atoms with Crippen molar-refractivity contribution in [2.24, 2.45) is 0 Å². The van der Waals surface area contributed by atoms with Crippen LogP contribution in [0.5, 0.6) is 0 Å². The first-order valence-electron chi connectivity index (χ1n) is 10.3. The standard InChI is InChI=1S/C24H23ClN2O6/c1-3-10-32-24(31)18-11-15(4-6-20(18)25)21-7-5-16(33-21)12-17-14(2)19(13-26)23(30)27(8-9-28)22(17)29/h4-7,11-13,26,28H,3,8-10H2,1-2H3/b17-12-,26-13?. The van der Waals surface area contributed by atoms with Gasteiger partial charge in [-0.2, -0.15) is 0 Å². The molecule has 8 nitrogen and oxygen atoms in total. The quantitative estimate of drug-likeness (QED) is 0.261. The average Bonchev–Trinajstić information content (AvgIpc) is 3.27. The van der Waals surface area contributed by atoms with E-state index in [0.717, 1.165) is 11.1 Å². The molecule has 2 amide bonds. The van der Waals surface area contributed by atoms with E-state index < -0.39 is 17.8 Å². The molecule has 1 aromatic carbocycles. The van der Waals surface area contributed by atoms with E-state index in [9.17, 15) is 19.5 Å². The topological polar surface area (TPSA) is 121 Å². The van der Waals surface area contributed by atoms with Gasteiger partial charge in [0, 0.05) is 17.4 Å². The van der Waals surface area contributed by atoms with Crippen molar-refractivity contribution in [1.29, 1.82) is 5.41 Å². The van der Waals surface area contributed by atoms with Crippen LogP contribution in [0.15, 0.2) is 51.5 Å². The van der Waals surface area contributed by atoms with Gasteiger partial charge in [0.2, 0.25) is 0 Å². The maximum atomic E-state index is 12.8. The number of esters is 1. The number of hydrogen-bond donors (Lipinski definition) is 2. The maximum absolute atomic E-state index is 12.8. The van der Waals surface area contributed by atoms with Crippen LogP contribution >= 0.6 is 11.6 Å². The van der Waals surface area contributed by atoms with Crippen molar-refractivity contribution in [3.05, 3.63) is 63.4 Å². The molecular weight excluding hydrogens is 448 g/mol. The van der Waals surface area contributed by atoms with Crippen LogP contribution in [0.4, 0.5) is 0 Å². The molecule has 0 aliphatic carbocycles. The fraction of sp³-hybridized carbons (Fsp3) is 0.250. The van der Waals surface area contributed by atoms with Crippen LogP contribution in [0.3, 0.4) is 0 Å². The van der Waals surface area contributed by atoms with Gasteiger partial charge in [-0.1, -0.05) is 18.5 Å². The van der Waals surface area contributed by atoms with Crippen LogP contribution in [0.1, 0.15) is 36.4 Å². The number of halogens is 1. The van der Waals surface area contributed by atoms with E-state index >= 15 is 0 Å². The summed E-state index contributed by atoms with van der Waals surface area (Å²) < 4.78 is 11.0. The number of nitrogens with zero attached hydrogens (tertiary/aromatic N) is 1. The van der Waals surface area contributed by atoms with Crippen molar-refractivity contribution in [1.82, 2.24) is 4.90 Å². The summed E-state index contributed by atoms with van der Waals surface area (Å²) in [6.45, 7) is 3.19. The molecule has 1 aliphatic heterocycles. The summed E-state index contributed by atoms with van der Waals surface area (Å²) in [7, 11) is 0. The van der Waals surface area contributed by atoms with Gasteiger partial charge in [-0.05, 0) is 55.3 Å². The van der Waals surface area contributed by atoms with Crippen LogP contribution in [0.2, 0.25) is 5.02 Å². The van der Waals surface area contributed by atoms with E-state index in [1.165, 1.54) is 6.08 Å². The van der Waals surface area contributed by atoms with Gasteiger partial charge < -0.3 is 19.7 Å². The first-order chi connectivity index (χ1) is 15.8. The first-order valence-corrected chi connectivity index (χ1v) is 10.7. The minimum absolute atomic E-state index is 0.0639. The molecule has 0 radical (unpaired) electrons. The molecule has 1 aromatic heterocycles. The summed E-state index contributed by atoms with van der Waals surface area (Å²) in [6, 6.07) is 8.16. The van der Waals surface area contributed by atoms with Crippen LogP contribution in [-0.4, -0.2) is 53.8 Å². The minimum Gasteiger partial charge on any atom is -0.462 e. The Morgan fingerprint density at radius 3 is 2.67 bits per heavy atom. The van der Waals surface area contributed by atoms with E-state index in [1.807, 2.05) is 6.92 Å². The number of carbonyl (C=O) groups excluding carboxylic acids is 3. The highest BCUT2D eigenvalue weighted by Gasteiger charge is 2.34. The normalized spacial score (nSPS) is 15.4. The number of carbonyl (C=O) groups is 3. The number of hydrogen-bond acceptors (Lipinski definition) is 7. The number of nitrogens with one attached hydrogen (secondary N) is 1. The molecule has 0 fully saturated rings. The molecule has 2 N–H and O–H groups in total. The van der Waals surface area contributed by atoms with Crippen molar-refractivity contribution >= 4 is 41.7 Å². The summed E-state index contributed by atoms with van der Waals surface area (Å²) in [6.07, 6.45) is 3.06. The zero-order valence-electron chi connectivity index (χ0n) is 18.2. The van der Waals surface area contributed by atoms with Gasteiger partial charge in [0.15, 0.2) is 0 Å². The molecule has 33 heavy (non-hydrogen) atoms. The number of aliphatic hydroxyl groups is 1. The Morgan fingerprint density at radius 1 is 1.24 bits per heavy atom. The highest BCUT2D eigenvalue weighted by molar-refractivity contribution is 6.33. The van der Waals surface area contributed by atoms with Crippen molar-refractivity contribution < 1.29 is 28.6 Å². The van der Waals surface area contributed by atoms with Crippen molar-refractivity contribution in [3.63, 3.8) is 0 Å². The van der Waals surface area contributed by atoms with E-state index in [1.54, 1.807) is 37.3 Å². The monoisotopic (exact) mass is 470 g/mol. The minimum atomic E-state index is -0.623. The van der Waals surface area contributed by atoms with Crippen molar-refractivity contribution in [2.75, 3.05) is 19.8 Å². The lowest BCUT2D eigenvalue weighted by Crippen LogP contribution is -2.44. The van der Waals surface area contributed by atoms with E-state index in [2.05, 4.69) is 0 Å². The number of imide groups is 1. The van der Waals surface area contributed by atoms with Gasteiger partial charge in [-0.3, -0.25) is 14.5 Å². The van der Waals surface area contributed by atoms with Crippen LogP contribution in [0.25, 0.3) is 17.4 Å². The zero-order valence-corrected chi connectivity index (χ0v) is 18.9. The third kappa shape index (κ3) is 4.97. The Balaban J connectivity index is 1.97. The smallest absolute Gasteiger partial charge is 0.339 e. The van der Waals surface area contributed by atoms with E-state index in [0.29, 0.717) is 29.1 Å². The summed E-state index contributed by atoms with van der Waals surface area (Å²) in [5.74, 6) is -0.965. The van der Waals surface area contributed by atoms with Gasteiger partial charge in [0.25, 0.3) is 11.8 Å². The predicted molar refractivity (Wildman–Crippen MR) is 123 cm³/mol. The molecular formula is C24H23ClN2O6. The van der Waals surface area contributed by atoms with Gasteiger partial charge in [0.05, 0.1) is 35.9 Å². The third-order valence-electron chi connectivity index (χ3n) is 5.05. The number of ether oxygens (including phenoxy) is 1. The van der Waals surface area contributed by atoms with E-state index in [4.69, 9.17) is 26.2 Å². The van der Waals surface area contributed by atoms with E-state index in [-0.39, 0.29) is 41.5 Å². The molecule has 3 rings (SSSR count). The molecule has 1 aliphatic rings. The van der Waals surface area contributed by atoms with Crippen LogP contribution in [0, 0.1) is 5.41 Å². The zero-order chi connectivity index (χ0) is 24.1. The molecule has 9 heteroatoms. The molecule has 0 atom stereocenters. The number of furan rings is 1. The molecule has 2 heterocycles. The second-order valence-electron chi connectivity index (χ2n) is 7.26. The predicted octanol–water partition coefficient (Wildman–Crippen LogP) is 3.88. The molecule has 0 saturated carbocycles. The van der Waals surface area contributed by atoms with Gasteiger partial charge in [-0.15, -0.1) is 0 Å². The maximum Gasteiger partial charge on any atom is 0.339 e. The molecule has 2 aromatic rings. The van der Waals surface area contributed by atoms with Crippen LogP contribution < -0.4 is 0 Å². The Kier molecular flexibility index (Phi) is 7.63. The summed E-state index contributed by atoms with van der Waals surface area (Å²) in [4.78, 5) is 38.4. The van der Waals surface area contributed by atoms with Gasteiger partial charge in [-0.25, -0.2) is 4.79 Å². The molecule has 0 spiro atoms. The Labute approximate surface area is 195 Å². The molecule has 172 valence electrons. The largest absolute Gasteiger partial charge is 0.462 e. The SMILES string of the molecule is CCCOC(=O)c1cc(-c2ccc(/C=C3\C(=O)N(CCO)C(=O)C(C=N)=C3C)o2)ccc1Cl. The number of benzene rings is 1. The number of aliphatic hydroxyl groups excluding tert-OH is 1. The first kappa shape index (κ1) is 24.2. The highest BCUT2D eigenvalue weighted by Crippen LogP contribution is 2.30. The second kappa shape index (κ2) is 10.4. The van der Waals surface area contributed by atoms with Gasteiger partial charge in [0.1, 0.15) is 11.5 Å². The fourth-order valence-electron chi connectivity index (χ4n) is 3.33. The average molecular weight is 471 g/mol. The summed E-state index contributed by atoms with van der Waals surface area (Å²) in [5, 5.41) is 17.0. The lowest BCUT2D eigenvalue weighted by molar-refractivity contribution is -0.140. The van der Waals surface area contributed by atoms with Crippen molar-refractivity contribution in [2.45, 2.75) is 20.3 Å². The highest BCUT2D eigenvalue weighted by atomic mass is 35.5. The lowest BCUT2D eigenvalue weighted by Gasteiger charge is -2.27. The molecule has 0 bridgehead atoms. The number of β-amino-alcohol motifs (C(OH)–C–C–N with tert-alkyl or cyclic N) is 1. The fourth-order valence-corrected chi connectivity index (χ4v) is 3.52. The Bertz CT molecular complexity index is 1180. The van der Waals surface area contributed by atoms with Gasteiger partial charge >= 0.3 is 5.97 Å². The summed E-state index contributed by atoms with van der Waals surface area (Å²) in [5.41, 5.74) is 1.40. The lowest BCUT2D eigenvalue weighted by atomic mass is 9.94. The third-order valence-corrected chi connectivity index (χ3v) is 5.38. The number of amides is 2. The van der Waals surface area contributed by atoms with Crippen LogP contribution in [-0.2, 0) is 14.3 Å².